The van der Waals surface area contributed by atoms with Gasteiger partial charge in [-0.15, -0.1) is 0 Å². The molecule has 0 saturated heterocycles. The Labute approximate surface area is 147 Å². The van der Waals surface area contributed by atoms with E-state index in [2.05, 4.69) is 10.3 Å². The standard InChI is InChI=1S/C18H16FN3O2S/c19-15-6-2-1-5-13(15)12-25-10-8-20-17(23)14-11-21-16-7-3-4-9-22(16)18(14)24/h1-7,9,11H,8,10,12H2,(H,20,23). The van der Waals surface area contributed by atoms with Crippen LogP contribution in [0.15, 0.2) is 59.7 Å². The number of rotatable bonds is 6. The molecule has 1 aromatic carbocycles. The van der Waals surface area contributed by atoms with E-state index in [0.29, 0.717) is 29.3 Å². The highest BCUT2D eigenvalue weighted by atomic mass is 32.2. The van der Waals surface area contributed by atoms with Crippen molar-refractivity contribution in [3.63, 3.8) is 0 Å². The first-order chi connectivity index (χ1) is 12.2. The van der Waals surface area contributed by atoms with Crippen LogP contribution in [0.5, 0.6) is 0 Å². The lowest BCUT2D eigenvalue weighted by Gasteiger charge is -2.06. The molecular formula is C18H16FN3O2S. The summed E-state index contributed by atoms with van der Waals surface area (Å²) >= 11 is 1.51. The van der Waals surface area contributed by atoms with Gasteiger partial charge in [-0.25, -0.2) is 9.37 Å². The summed E-state index contributed by atoms with van der Waals surface area (Å²) in [5.74, 6) is 0.460. The van der Waals surface area contributed by atoms with E-state index in [-0.39, 0.29) is 11.4 Å². The highest BCUT2D eigenvalue weighted by Crippen LogP contribution is 2.14. The Morgan fingerprint density at radius 2 is 2.00 bits per heavy atom. The molecule has 0 radical (unpaired) electrons. The first-order valence-electron chi connectivity index (χ1n) is 7.72. The van der Waals surface area contributed by atoms with Crippen LogP contribution in [0.2, 0.25) is 0 Å². The van der Waals surface area contributed by atoms with E-state index in [0.717, 1.165) is 0 Å². The molecule has 0 fully saturated rings. The van der Waals surface area contributed by atoms with Gasteiger partial charge in [-0.2, -0.15) is 11.8 Å². The van der Waals surface area contributed by atoms with Gasteiger partial charge in [0.2, 0.25) is 0 Å². The Hall–Kier alpha value is -2.67. The lowest BCUT2D eigenvalue weighted by molar-refractivity contribution is 0.0954. The van der Waals surface area contributed by atoms with Crippen molar-refractivity contribution in [3.05, 3.63) is 82.2 Å². The van der Waals surface area contributed by atoms with E-state index in [1.54, 1.807) is 42.6 Å². The molecule has 0 bridgehead atoms. The third-order valence-electron chi connectivity index (χ3n) is 3.61. The molecule has 0 spiro atoms. The normalized spacial score (nSPS) is 10.8. The lowest BCUT2D eigenvalue weighted by atomic mass is 10.2. The fourth-order valence-electron chi connectivity index (χ4n) is 2.31. The summed E-state index contributed by atoms with van der Waals surface area (Å²) in [6, 6.07) is 11.8. The van der Waals surface area contributed by atoms with Crippen molar-refractivity contribution < 1.29 is 9.18 Å². The summed E-state index contributed by atoms with van der Waals surface area (Å²) < 4.78 is 14.8. The van der Waals surface area contributed by atoms with Crippen LogP contribution >= 0.6 is 11.8 Å². The summed E-state index contributed by atoms with van der Waals surface area (Å²) in [5, 5.41) is 2.70. The topological polar surface area (TPSA) is 63.5 Å². The van der Waals surface area contributed by atoms with Crippen LogP contribution in [-0.4, -0.2) is 27.6 Å². The van der Waals surface area contributed by atoms with Gasteiger partial charge in [0.05, 0.1) is 0 Å². The van der Waals surface area contributed by atoms with Gasteiger partial charge in [0.15, 0.2) is 0 Å². The molecule has 0 unspecified atom stereocenters. The van der Waals surface area contributed by atoms with Gasteiger partial charge in [-0.1, -0.05) is 24.3 Å². The maximum absolute atomic E-state index is 13.5. The summed E-state index contributed by atoms with van der Waals surface area (Å²) in [6.45, 7) is 0.384. The molecule has 3 aromatic rings. The van der Waals surface area contributed by atoms with Gasteiger partial charge < -0.3 is 5.32 Å². The van der Waals surface area contributed by atoms with Gasteiger partial charge in [-0.3, -0.25) is 14.0 Å². The van der Waals surface area contributed by atoms with E-state index in [9.17, 15) is 14.0 Å². The Morgan fingerprint density at radius 3 is 2.84 bits per heavy atom. The number of hydrogen-bond donors (Lipinski definition) is 1. The van der Waals surface area contributed by atoms with Crippen molar-refractivity contribution in [3.8, 4) is 0 Å². The minimum atomic E-state index is -0.456. The number of amides is 1. The molecule has 3 rings (SSSR count). The Morgan fingerprint density at radius 1 is 1.20 bits per heavy atom. The highest BCUT2D eigenvalue weighted by molar-refractivity contribution is 7.98. The third-order valence-corrected chi connectivity index (χ3v) is 4.61. The van der Waals surface area contributed by atoms with E-state index in [4.69, 9.17) is 0 Å². The molecule has 0 aliphatic heterocycles. The van der Waals surface area contributed by atoms with Crippen LogP contribution < -0.4 is 10.9 Å². The minimum absolute atomic E-state index is 0.00260. The number of carbonyl (C=O) groups is 1. The molecule has 1 amide bonds. The number of thioether (sulfide) groups is 1. The van der Waals surface area contributed by atoms with Crippen LogP contribution in [0.3, 0.4) is 0 Å². The van der Waals surface area contributed by atoms with Crippen LogP contribution in [0.4, 0.5) is 4.39 Å². The van der Waals surface area contributed by atoms with Crippen molar-refractivity contribution in [1.29, 1.82) is 0 Å². The molecule has 0 atom stereocenters. The zero-order chi connectivity index (χ0) is 17.6. The van der Waals surface area contributed by atoms with Gasteiger partial charge in [0, 0.05) is 30.4 Å². The molecule has 128 valence electrons. The zero-order valence-corrected chi connectivity index (χ0v) is 14.1. The maximum Gasteiger partial charge on any atom is 0.270 e. The predicted molar refractivity (Wildman–Crippen MR) is 96.4 cm³/mol. The monoisotopic (exact) mass is 357 g/mol. The molecular weight excluding hydrogens is 341 g/mol. The zero-order valence-electron chi connectivity index (χ0n) is 13.3. The SMILES string of the molecule is O=C(NCCSCc1ccccc1F)c1cnc2ccccn2c1=O. The number of nitrogens with zero attached hydrogens (tertiary/aromatic N) is 2. The summed E-state index contributed by atoms with van der Waals surface area (Å²) in [5.41, 5.74) is 0.727. The summed E-state index contributed by atoms with van der Waals surface area (Å²) in [6.07, 6.45) is 2.87. The molecule has 5 nitrogen and oxygen atoms in total. The largest absolute Gasteiger partial charge is 0.351 e. The second kappa shape index (κ2) is 7.94. The first-order valence-corrected chi connectivity index (χ1v) is 8.88. The van der Waals surface area contributed by atoms with Crippen LogP contribution in [0, 0.1) is 5.82 Å². The van der Waals surface area contributed by atoms with E-state index in [1.165, 1.54) is 28.4 Å². The van der Waals surface area contributed by atoms with Crippen molar-refractivity contribution in [2.45, 2.75) is 5.75 Å². The summed E-state index contributed by atoms with van der Waals surface area (Å²) in [4.78, 5) is 28.6. The predicted octanol–water partition coefficient (Wildman–Crippen LogP) is 2.50. The molecule has 7 heteroatoms. The lowest BCUT2D eigenvalue weighted by Crippen LogP contribution is -2.32. The van der Waals surface area contributed by atoms with Gasteiger partial charge in [0.25, 0.3) is 11.5 Å². The number of benzene rings is 1. The van der Waals surface area contributed by atoms with E-state index >= 15 is 0 Å². The number of hydrogen-bond acceptors (Lipinski definition) is 4. The average Bonchev–Trinajstić information content (AvgIpc) is 2.63. The Kier molecular flexibility index (Phi) is 5.45. The second-order valence-electron chi connectivity index (χ2n) is 5.31. The molecule has 1 N–H and O–H groups in total. The quantitative estimate of drug-likeness (QED) is 0.689. The van der Waals surface area contributed by atoms with Crippen LogP contribution in [-0.2, 0) is 5.75 Å². The first kappa shape index (κ1) is 17.2. The second-order valence-corrected chi connectivity index (χ2v) is 6.41. The van der Waals surface area contributed by atoms with Crippen molar-refractivity contribution in [2.75, 3.05) is 12.3 Å². The maximum atomic E-state index is 13.5. The number of aromatic nitrogens is 2. The fourth-order valence-corrected chi connectivity index (χ4v) is 3.16. The van der Waals surface area contributed by atoms with Crippen LogP contribution in [0.1, 0.15) is 15.9 Å². The molecule has 2 aromatic heterocycles. The van der Waals surface area contributed by atoms with Crippen LogP contribution in [0.25, 0.3) is 5.65 Å². The number of carbonyl (C=O) groups excluding carboxylic acids is 1. The number of fused-ring (bicyclic) bond motifs is 1. The van der Waals surface area contributed by atoms with Gasteiger partial charge in [-0.05, 0) is 23.8 Å². The Bertz CT molecular complexity index is 958. The van der Waals surface area contributed by atoms with E-state index < -0.39 is 11.5 Å². The Balaban J connectivity index is 1.54. The van der Waals surface area contributed by atoms with E-state index in [1.807, 2.05) is 0 Å². The molecule has 0 saturated carbocycles. The number of pyridine rings is 1. The van der Waals surface area contributed by atoms with Crippen molar-refractivity contribution >= 4 is 23.3 Å². The smallest absolute Gasteiger partial charge is 0.270 e. The number of halogens is 1. The minimum Gasteiger partial charge on any atom is -0.351 e. The number of nitrogens with one attached hydrogen (secondary N) is 1. The average molecular weight is 357 g/mol. The highest BCUT2D eigenvalue weighted by Gasteiger charge is 2.12. The van der Waals surface area contributed by atoms with Gasteiger partial charge in [0.1, 0.15) is 17.0 Å². The molecule has 2 heterocycles. The van der Waals surface area contributed by atoms with Gasteiger partial charge >= 0.3 is 0 Å². The summed E-state index contributed by atoms with van der Waals surface area (Å²) in [7, 11) is 0. The molecule has 0 aliphatic rings. The van der Waals surface area contributed by atoms with Crippen molar-refractivity contribution in [2.24, 2.45) is 0 Å². The van der Waals surface area contributed by atoms with Crippen molar-refractivity contribution in [1.82, 2.24) is 14.7 Å². The molecule has 0 aliphatic carbocycles. The molecule has 25 heavy (non-hydrogen) atoms. The third kappa shape index (κ3) is 4.06. The fraction of sp³-hybridized carbons (Fsp3) is 0.167.